The minimum absolute atomic E-state index is 0.137. The quantitative estimate of drug-likeness (QED) is 0.820. The molecule has 0 aliphatic heterocycles. The van der Waals surface area contributed by atoms with Gasteiger partial charge in [0.25, 0.3) is 5.91 Å². The standard InChI is InChI=1S/C11H14N6O2S/c1-6-7(3-14-11(12)15-6)10(18)13-4-9-16-8(5-20-2)17-19-9/h3H,4-5H2,1-2H3,(H,13,18)(H2,12,14,15). The SMILES string of the molecule is CSCc1noc(CNC(=O)c2cnc(N)nc2C)n1. The van der Waals surface area contributed by atoms with Crippen molar-refractivity contribution < 1.29 is 9.32 Å². The molecule has 1 amide bonds. The molecule has 2 heterocycles. The first-order valence-corrected chi connectivity index (χ1v) is 7.17. The lowest BCUT2D eigenvalue weighted by Crippen LogP contribution is -2.24. The maximum absolute atomic E-state index is 12.0. The fraction of sp³-hybridized carbons (Fsp3) is 0.364. The molecule has 0 unspecified atom stereocenters. The summed E-state index contributed by atoms with van der Waals surface area (Å²) in [6, 6.07) is 0. The molecule has 0 aliphatic rings. The number of nitrogens with one attached hydrogen (secondary N) is 1. The zero-order valence-electron chi connectivity index (χ0n) is 11.1. The minimum atomic E-state index is -0.313. The lowest BCUT2D eigenvalue weighted by atomic mass is 10.2. The topological polar surface area (TPSA) is 120 Å². The summed E-state index contributed by atoms with van der Waals surface area (Å²) in [5.74, 6) is 1.46. The number of nitrogens with zero attached hydrogens (tertiary/aromatic N) is 4. The number of amides is 1. The van der Waals surface area contributed by atoms with Crippen molar-refractivity contribution in [3.05, 3.63) is 29.2 Å². The first kappa shape index (κ1) is 14.3. The van der Waals surface area contributed by atoms with E-state index < -0.39 is 0 Å². The third kappa shape index (κ3) is 3.44. The number of hydrogen-bond donors (Lipinski definition) is 2. The van der Waals surface area contributed by atoms with Gasteiger partial charge < -0.3 is 15.6 Å². The van der Waals surface area contributed by atoms with E-state index in [2.05, 4.69) is 25.4 Å². The molecule has 0 saturated heterocycles. The van der Waals surface area contributed by atoms with Crippen LogP contribution in [0.25, 0.3) is 0 Å². The molecule has 2 aromatic rings. The second-order valence-electron chi connectivity index (χ2n) is 3.95. The van der Waals surface area contributed by atoms with E-state index in [1.807, 2.05) is 6.26 Å². The molecule has 2 rings (SSSR count). The summed E-state index contributed by atoms with van der Waals surface area (Å²) in [6.07, 6.45) is 3.33. The normalized spacial score (nSPS) is 10.5. The van der Waals surface area contributed by atoms with Crippen molar-refractivity contribution in [2.75, 3.05) is 12.0 Å². The van der Waals surface area contributed by atoms with Gasteiger partial charge in [-0.05, 0) is 13.2 Å². The number of carbonyl (C=O) groups is 1. The van der Waals surface area contributed by atoms with Gasteiger partial charge in [0, 0.05) is 6.20 Å². The third-order valence-corrected chi connectivity index (χ3v) is 2.97. The van der Waals surface area contributed by atoms with Crippen LogP contribution in [0, 0.1) is 6.92 Å². The van der Waals surface area contributed by atoms with Crippen molar-refractivity contribution in [3.8, 4) is 0 Å². The van der Waals surface area contributed by atoms with Crippen molar-refractivity contribution >= 4 is 23.6 Å². The highest BCUT2D eigenvalue weighted by molar-refractivity contribution is 7.97. The van der Waals surface area contributed by atoms with Crippen LogP contribution in [0.1, 0.15) is 27.8 Å². The number of hydrogen-bond acceptors (Lipinski definition) is 8. The highest BCUT2D eigenvalue weighted by atomic mass is 32.2. The molecule has 0 fully saturated rings. The first-order valence-electron chi connectivity index (χ1n) is 5.78. The Hall–Kier alpha value is -2.16. The van der Waals surface area contributed by atoms with Crippen LogP contribution < -0.4 is 11.1 Å². The number of thioether (sulfide) groups is 1. The predicted molar refractivity (Wildman–Crippen MR) is 73.9 cm³/mol. The molecular formula is C11H14N6O2S. The van der Waals surface area contributed by atoms with Crippen molar-refractivity contribution in [1.29, 1.82) is 0 Å². The molecule has 0 saturated carbocycles. The summed E-state index contributed by atoms with van der Waals surface area (Å²) < 4.78 is 5.01. The van der Waals surface area contributed by atoms with E-state index in [0.717, 1.165) is 0 Å². The number of nitrogen functional groups attached to an aromatic ring is 1. The maximum atomic E-state index is 12.0. The Kier molecular flexibility index (Phi) is 4.51. The summed E-state index contributed by atoms with van der Waals surface area (Å²) in [4.78, 5) is 23.8. The second-order valence-corrected chi connectivity index (χ2v) is 4.81. The van der Waals surface area contributed by atoms with Crippen molar-refractivity contribution in [2.24, 2.45) is 0 Å². The molecule has 8 nitrogen and oxygen atoms in total. The molecule has 106 valence electrons. The minimum Gasteiger partial charge on any atom is -0.368 e. The van der Waals surface area contributed by atoms with Gasteiger partial charge in [0.15, 0.2) is 5.82 Å². The fourth-order valence-electron chi connectivity index (χ4n) is 1.51. The molecule has 0 spiro atoms. The van der Waals surface area contributed by atoms with Crippen LogP contribution >= 0.6 is 11.8 Å². The lowest BCUT2D eigenvalue weighted by molar-refractivity contribution is 0.0945. The lowest BCUT2D eigenvalue weighted by Gasteiger charge is -2.04. The van der Waals surface area contributed by atoms with Gasteiger partial charge in [0.2, 0.25) is 11.8 Å². The highest BCUT2D eigenvalue weighted by Gasteiger charge is 2.13. The smallest absolute Gasteiger partial charge is 0.255 e. The van der Waals surface area contributed by atoms with E-state index >= 15 is 0 Å². The Balaban J connectivity index is 1.97. The van der Waals surface area contributed by atoms with Crippen molar-refractivity contribution in [1.82, 2.24) is 25.4 Å². The van der Waals surface area contributed by atoms with Crippen molar-refractivity contribution in [3.63, 3.8) is 0 Å². The Morgan fingerprint density at radius 1 is 1.50 bits per heavy atom. The average Bonchev–Trinajstić information content (AvgIpc) is 2.84. The van der Waals surface area contributed by atoms with E-state index in [1.54, 1.807) is 18.7 Å². The summed E-state index contributed by atoms with van der Waals surface area (Å²) in [6.45, 7) is 1.85. The monoisotopic (exact) mass is 294 g/mol. The Morgan fingerprint density at radius 3 is 3.00 bits per heavy atom. The van der Waals surface area contributed by atoms with Gasteiger partial charge in [-0.2, -0.15) is 16.7 Å². The van der Waals surface area contributed by atoms with E-state index in [-0.39, 0.29) is 18.4 Å². The zero-order chi connectivity index (χ0) is 14.5. The molecule has 0 aliphatic carbocycles. The number of aromatic nitrogens is 4. The summed E-state index contributed by atoms with van der Waals surface area (Å²) in [5.41, 5.74) is 6.32. The van der Waals surface area contributed by atoms with Crippen LogP contribution in [-0.2, 0) is 12.3 Å². The largest absolute Gasteiger partial charge is 0.368 e. The third-order valence-electron chi connectivity index (χ3n) is 2.43. The summed E-state index contributed by atoms with van der Waals surface area (Å²) >= 11 is 1.59. The predicted octanol–water partition coefficient (Wildman–Crippen LogP) is 0.543. The summed E-state index contributed by atoms with van der Waals surface area (Å²) in [5, 5.41) is 6.45. The molecule has 3 N–H and O–H groups in total. The number of anilines is 1. The van der Waals surface area contributed by atoms with Gasteiger partial charge in [-0.15, -0.1) is 0 Å². The molecule has 2 aromatic heterocycles. The van der Waals surface area contributed by atoms with Crippen LogP contribution in [0.5, 0.6) is 0 Å². The van der Waals surface area contributed by atoms with E-state index in [9.17, 15) is 4.79 Å². The van der Waals surface area contributed by atoms with Crippen LogP contribution in [-0.4, -0.2) is 32.3 Å². The van der Waals surface area contributed by atoms with Crippen LogP contribution in [0.4, 0.5) is 5.95 Å². The first-order chi connectivity index (χ1) is 9.60. The van der Waals surface area contributed by atoms with Crippen molar-refractivity contribution in [2.45, 2.75) is 19.2 Å². The average molecular weight is 294 g/mol. The number of aryl methyl sites for hydroxylation is 1. The number of nitrogens with two attached hydrogens (primary N) is 1. The molecule has 0 aromatic carbocycles. The van der Waals surface area contributed by atoms with Gasteiger partial charge >= 0.3 is 0 Å². The molecule has 9 heteroatoms. The maximum Gasteiger partial charge on any atom is 0.255 e. The van der Waals surface area contributed by atoms with Gasteiger partial charge in [0.1, 0.15) is 0 Å². The van der Waals surface area contributed by atoms with E-state index in [4.69, 9.17) is 10.3 Å². The van der Waals surface area contributed by atoms with E-state index in [1.165, 1.54) is 6.20 Å². The Labute approximate surface area is 119 Å². The Morgan fingerprint density at radius 2 is 2.30 bits per heavy atom. The fourth-order valence-corrected chi connectivity index (χ4v) is 1.88. The van der Waals surface area contributed by atoms with E-state index in [0.29, 0.717) is 28.7 Å². The van der Waals surface area contributed by atoms with Gasteiger partial charge in [-0.1, -0.05) is 5.16 Å². The molecule has 0 bridgehead atoms. The molecular weight excluding hydrogens is 280 g/mol. The molecule has 20 heavy (non-hydrogen) atoms. The highest BCUT2D eigenvalue weighted by Crippen LogP contribution is 2.07. The number of carbonyl (C=O) groups excluding carboxylic acids is 1. The van der Waals surface area contributed by atoms with Gasteiger partial charge in [-0.25, -0.2) is 9.97 Å². The van der Waals surface area contributed by atoms with Gasteiger partial charge in [0.05, 0.1) is 23.6 Å². The van der Waals surface area contributed by atoms with Crippen LogP contribution in [0.15, 0.2) is 10.7 Å². The van der Waals surface area contributed by atoms with Crippen LogP contribution in [0.2, 0.25) is 0 Å². The molecule has 0 radical (unpaired) electrons. The summed E-state index contributed by atoms with van der Waals surface area (Å²) in [7, 11) is 0. The zero-order valence-corrected chi connectivity index (χ0v) is 11.9. The number of rotatable bonds is 5. The van der Waals surface area contributed by atoms with Gasteiger partial charge in [-0.3, -0.25) is 4.79 Å². The second kappa shape index (κ2) is 6.33. The van der Waals surface area contributed by atoms with Crippen LogP contribution in [0.3, 0.4) is 0 Å². The Bertz CT molecular complexity index is 615. The molecule has 0 atom stereocenters.